The first-order valence-electron chi connectivity index (χ1n) is 9.82. The van der Waals surface area contributed by atoms with Crippen molar-refractivity contribution in [3.05, 3.63) is 47.8 Å². The Labute approximate surface area is 164 Å². The summed E-state index contributed by atoms with van der Waals surface area (Å²) in [4.78, 5) is 27.4. The molecule has 7 heteroatoms. The Kier molecular flexibility index (Phi) is 5.07. The number of amides is 2. The zero-order chi connectivity index (χ0) is 19.7. The maximum atomic E-state index is 13.0. The molecule has 1 aromatic carbocycles. The molecule has 2 atom stereocenters. The van der Waals surface area contributed by atoms with Crippen molar-refractivity contribution >= 4 is 11.8 Å². The Balaban J connectivity index is 1.48. The van der Waals surface area contributed by atoms with Crippen LogP contribution in [0.15, 0.2) is 36.4 Å². The second kappa shape index (κ2) is 7.66. The topological polar surface area (TPSA) is 76.5 Å². The van der Waals surface area contributed by atoms with E-state index in [4.69, 9.17) is 4.74 Å². The highest BCUT2D eigenvalue weighted by atomic mass is 16.5. The average Bonchev–Trinajstić information content (AvgIpc) is 3.28. The first kappa shape index (κ1) is 18.5. The van der Waals surface area contributed by atoms with Crippen LogP contribution < -0.4 is 10.1 Å². The second-order valence-corrected chi connectivity index (χ2v) is 7.72. The van der Waals surface area contributed by atoms with E-state index in [9.17, 15) is 9.59 Å². The zero-order valence-corrected chi connectivity index (χ0v) is 16.3. The minimum Gasteiger partial charge on any atom is -0.488 e. The summed E-state index contributed by atoms with van der Waals surface area (Å²) >= 11 is 0. The molecule has 1 aliphatic carbocycles. The summed E-state index contributed by atoms with van der Waals surface area (Å²) in [5.74, 6) is 0.561. The molecule has 0 spiro atoms. The van der Waals surface area contributed by atoms with Crippen LogP contribution in [0.5, 0.6) is 5.75 Å². The fourth-order valence-corrected chi connectivity index (χ4v) is 3.68. The Morgan fingerprint density at radius 2 is 1.96 bits per heavy atom. The second-order valence-electron chi connectivity index (χ2n) is 7.72. The van der Waals surface area contributed by atoms with Crippen LogP contribution in [0.2, 0.25) is 0 Å². The molecule has 7 nitrogen and oxygen atoms in total. The van der Waals surface area contributed by atoms with E-state index < -0.39 is 6.04 Å². The van der Waals surface area contributed by atoms with E-state index >= 15 is 0 Å². The highest BCUT2D eigenvalue weighted by Crippen LogP contribution is 2.26. The van der Waals surface area contributed by atoms with E-state index in [-0.39, 0.29) is 30.5 Å². The normalized spacial score (nSPS) is 21.6. The van der Waals surface area contributed by atoms with Gasteiger partial charge in [-0.3, -0.25) is 14.3 Å². The van der Waals surface area contributed by atoms with Gasteiger partial charge < -0.3 is 15.0 Å². The molecular formula is C21H26N4O3. The molecule has 4 rings (SSSR count). The van der Waals surface area contributed by atoms with Crippen LogP contribution in [0.4, 0.5) is 0 Å². The van der Waals surface area contributed by atoms with Crippen molar-refractivity contribution in [2.45, 2.75) is 57.8 Å². The van der Waals surface area contributed by atoms with Gasteiger partial charge in [0.1, 0.15) is 24.4 Å². The number of carbonyl (C=O) groups is 2. The van der Waals surface area contributed by atoms with Crippen molar-refractivity contribution in [2.24, 2.45) is 0 Å². The number of benzene rings is 1. The van der Waals surface area contributed by atoms with Crippen LogP contribution in [0.1, 0.15) is 30.7 Å². The molecule has 0 unspecified atom stereocenters. The zero-order valence-electron chi connectivity index (χ0n) is 16.3. The number of likely N-dealkylation sites (tertiary alicyclic amines) is 1. The molecule has 1 saturated carbocycles. The Morgan fingerprint density at radius 1 is 1.21 bits per heavy atom. The van der Waals surface area contributed by atoms with E-state index in [1.807, 2.05) is 50.2 Å². The van der Waals surface area contributed by atoms with Crippen molar-refractivity contribution in [1.29, 1.82) is 0 Å². The van der Waals surface area contributed by atoms with Crippen LogP contribution >= 0.6 is 0 Å². The van der Waals surface area contributed by atoms with Gasteiger partial charge in [-0.2, -0.15) is 5.10 Å². The predicted molar refractivity (Wildman–Crippen MR) is 104 cm³/mol. The molecule has 1 aromatic heterocycles. The van der Waals surface area contributed by atoms with Crippen LogP contribution in [0, 0.1) is 13.8 Å². The number of ether oxygens (including phenoxy) is 1. The monoisotopic (exact) mass is 382 g/mol. The standard InChI is InChI=1S/C21H26N4O3/c1-14-10-15(2)25(23-14)13-20(26)24-12-18(28-17-6-4-3-5-7-17)11-19(24)21(27)22-16-8-9-16/h3-7,10,16,18-19H,8-9,11-13H2,1-2H3,(H,22,27)/t18-,19-/m0/s1. The number of nitrogens with one attached hydrogen (secondary N) is 1. The van der Waals surface area contributed by atoms with Crippen LogP contribution in [-0.4, -0.2) is 51.2 Å². The van der Waals surface area contributed by atoms with Crippen LogP contribution in [0.25, 0.3) is 0 Å². The molecule has 2 fully saturated rings. The van der Waals surface area contributed by atoms with Crippen LogP contribution in [-0.2, 0) is 16.1 Å². The van der Waals surface area contributed by atoms with Gasteiger partial charge in [0.15, 0.2) is 0 Å². The maximum absolute atomic E-state index is 13.0. The SMILES string of the molecule is Cc1cc(C)n(CC(=O)N2C[C@@H](Oc3ccccc3)C[C@H]2C(=O)NC2CC2)n1. The first-order valence-corrected chi connectivity index (χ1v) is 9.82. The Morgan fingerprint density at radius 3 is 2.61 bits per heavy atom. The molecule has 1 N–H and O–H groups in total. The van der Waals surface area contributed by atoms with E-state index in [1.54, 1.807) is 9.58 Å². The lowest BCUT2D eigenvalue weighted by molar-refractivity contribution is -0.139. The largest absolute Gasteiger partial charge is 0.488 e. The molecular weight excluding hydrogens is 356 g/mol. The molecule has 0 radical (unpaired) electrons. The molecule has 2 amide bonds. The molecule has 2 aromatic rings. The van der Waals surface area contributed by atoms with Crippen molar-refractivity contribution < 1.29 is 14.3 Å². The molecule has 1 saturated heterocycles. The summed E-state index contributed by atoms with van der Waals surface area (Å²) < 4.78 is 7.73. The fraction of sp³-hybridized carbons (Fsp3) is 0.476. The highest BCUT2D eigenvalue weighted by Gasteiger charge is 2.42. The quantitative estimate of drug-likeness (QED) is 0.827. The third-order valence-electron chi connectivity index (χ3n) is 5.24. The van der Waals surface area contributed by atoms with Gasteiger partial charge in [0.25, 0.3) is 0 Å². The maximum Gasteiger partial charge on any atom is 0.245 e. The van der Waals surface area contributed by atoms with Gasteiger partial charge in [0.2, 0.25) is 11.8 Å². The fourth-order valence-electron chi connectivity index (χ4n) is 3.68. The number of aryl methyl sites for hydroxylation is 2. The number of aromatic nitrogens is 2. The van der Waals surface area contributed by atoms with Gasteiger partial charge >= 0.3 is 0 Å². The molecule has 0 bridgehead atoms. The number of carbonyl (C=O) groups excluding carboxylic acids is 2. The lowest BCUT2D eigenvalue weighted by Crippen LogP contribution is -2.47. The number of nitrogens with zero attached hydrogens (tertiary/aromatic N) is 3. The number of para-hydroxylation sites is 1. The Hall–Kier alpha value is -2.83. The van der Waals surface area contributed by atoms with E-state index in [2.05, 4.69) is 10.4 Å². The lowest BCUT2D eigenvalue weighted by Gasteiger charge is -2.23. The summed E-state index contributed by atoms with van der Waals surface area (Å²) in [6.45, 7) is 4.36. The van der Waals surface area contributed by atoms with E-state index in [1.165, 1.54) is 0 Å². The Bertz CT molecular complexity index is 860. The van der Waals surface area contributed by atoms with E-state index in [0.29, 0.717) is 13.0 Å². The third-order valence-corrected chi connectivity index (χ3v) is 5.24. The van der Waals surface area contributed by atoms with Gasteiger partial charge in [-0.25, -0.2) is 0 Å². The van der Waals surface area contributed by atoms with Gasteiger partial charge in [-0.05, 0) is 44.9 Å². The van der Waals surface area contributed by atoms with Gasteiger partial charge in [0.05, 0.1) is 12.2 Å². The van der Waals surface area contributed by atoms with Gasteiger partial charge in [-0.15, -0.1) is 0 Å². The third kappa shape index (κ3) is 4.18. The predicted octanol–water partition coefficient (Wildman–Crippen LogP) is 1.83. The highest BCUT2D eigenvalue weighted by molar-refractivity contribution is 5.88. The smallest absolute Gasteiger partial charge is 0.245 e. The minimum atomic E-state index is -0.501. The molecule has 1 aliphatic heterocycles. The number of hydrogen-bond donors (Lipinski definition) is 1. The number of rotatable bonds is 6. The van der Waals surface area contributed by atoms with E-state index in [0.717, 1.165) is 30.0 Å². The summed E-state index contributed by atoms with van der Waals surface area (Å²) in [6.07, 6.45) is 2.32. The lowest BCUT2D eigenvalue weighted by atomic mass is 10.1. The summed E-state index contributed by atoms with van der Waals surface area (Å²) in [6, 6.07) is 11.2. The van der Waals surface area contributed by atoms with Crippen molar-refractivity contribution in [2.75, 3.05) is 6.54 Å². The molecule has 28 heavy (non-hydrogen) atoms. The van der Waals surface area contributed by atoms with Crippen molar-refractivity contribution in [1.82, 2.24) is 20.0 Å². The summed E-state index contributed by atoms with van der Waals surface area (Å²) in [5.41, 5.74) is 1.81. The molecule has 148 valence electrons. The first-order chi connectivity index (χ1) is 13.5. The van der Waals surface area contributed by atoms with Crippen molar-refractivity contribution in [3.8, 4) is 5.75 Å². The summed E-state index contributed by atoms with van der Waals surface area (Å²) in [7, 11) is 0. The minimum absolute atomic E-state index is 0.0802. The summed E-state index contributed by atoms with van der Waals surface area (Å²) in [5, 5.41) is 7.41. The van der Waals surface area contributed by atoms with Gasteiger partial charge in [0, 0.05) is 18.2 Å². The van der Waals surface area contributed by atoms with Crippen molar-refractivity contribution in [3.63, 3.8) is 0 Å². The van der Waals surface area contributed by atoms with Gasteiger partial charge in [-0.1, -0.05) is 18.2 Å². The molecule has 2 heterocycles. The number of hydrogen-bond acceptors (Lipinski definition) is 4. The molecule has 2 aliphatic rings. The average molecular weight is 382 g/mol. The van der Waals surface area contributed by atoms with Crippen LogP contribution in [0.3, 0.4) is 0 Å².